The van der Waals surface area contributed by atoms with Gasteiger partial charge in [-0.1, -0.05) is 0 Å². The van der Waals surface area contributed by atoms with Crippen LogP contribution in [-0.2, 0) is 6.18 Å². The Kier molecular flexibility index (Phi) is 6.15. The highest BCUT2D eigenvalue weighted by atomic mass is 32.1. The molecule has 33 heavy (non-hydrogen) atoms. The Labute approximate surface area is 191 Å². The van der Waals surface area contributed by atoms with Crippen molar-refractivity contribution < 1.29 is 22.6 Å². The molecule has 1 N–H and O–H groups in total. The molecule has 0 aliphatic heterocycles. The number of alkyl halides is 3. The van der Waals surface area contributed by atoms with Gasteiger partial charge in [0.25, 0.3) is 0 Å². The topological polar surface area (TPSA) is 80.1 Å². The first-order valence-electron chi connectivity index (χ1n) is 9.50. The smallest absolute Gasteiger partial charge is 0.417 e. The quantitative estimate of drug-likeness (QED) is 0.342. The second-order valence-corrected chi connectivity index (χ2v) is 7.47. The molecule has 0 saturated heterocycles. The molecule has 0 bridgehead atoms. The third kappa shape index (κ3) is 5.22. The molecule has 6 nitrogen and oxygen atoms in total. The Morgan fingerprint density at radius 1 is 0.939 bits per heavy atom. The minimum Gasteiger partial charge on any atom is -0.497 e. The molecular formula is C23H15F3N4O2S. The van der Waals surface area contributed by atoms with Crippen LogP contribution in [0.4, 0.5) is 24.0 Å². The van der Waals surface area contributed by atoms with Crippen LogP contribution in [0.15, 0.2) is 66.7 Å². The van der Waals surface area contributed by atoms with Gasteiger partial charge in [0.05, 0.1) is 24.3 Å². The molecule has 4 aromatic rings. The predicted octanol–water partition coefficient (Wildman–Crippen LogP) is 6.64. The van der Waals surface area contributed by atoms with Crippen molar-refractivity contribution in [3.05, 3.63) is 77.9 Å². The van der Waals surface area contributed by atoms with Crippen molar-refractivity contribution in [3.63, 3.8) is 0 Å². The van der Waals surface area contributed by atoms with E-state index >= 15 is 0 Å². The molecule has 0 saturated carbocycles. The Hall–Kier alpha value is -4.10. The van der Waals surface area contributed by atoms with Crippen LogP contribution in [0.2, 0.25) is 0 Å². The van der Waals surface area contributed by atoms with Crippen LogP contribution in [-0.4, -0.2) is 16.5 Å². The Morgan fingerprint density at radius 2 is 1.58 bits per heavy atom. The highest BCUT2D eigenvalue weighted by molar-refractivity contribution is 7.09. The fourth-order valence-corrected chi connectivity index (χ4v) is 3.53. The molecular weight excluding hydrogens is 453 g/mol. The lowest BCUT2D eigenvalue weighted by molar-refractivity contribution is -0.137. The number of halogens is 3. The van der Waals surface area contributed by atoms with Gasteiger partial charge in [0.1, 0.15) is 17.2 Å². The zero-order valence-corrected chi connectivity index (χ0v) is 17.9. The second-order valence-electron chi connectivity index (χ2n) is 6.72. The lowest BCUT2D eigenvalue weighted by Crippen LogP contribution is -2.08. The van der Waals surface area contributed by atoms with Gasteiger partial charge in [-0.25, -0.2) is 0 Å². The lowest BCUT2D eigenvalue weighted by atomic mass is 10.1. The van der Waals surface area contributed by atoms with Crippen LogP contribution in [0.5, 0.6) is 17.2 Å². The fourth-order valence-electron chi connectivity index (χ4n) is 2.92. The number of ether oxygens (including phenoxy) is 2. The van der Waals surface area contributed by atoms with E-state index in [4.69, 9.17) is 14.7 Å². The first-order chi connectivity index (χ1) is 15.9. The molecule has 166 valence electrons. The number of rotatable bonds is 6. The number of anilines is 2. The van der Waals surface area contributed by atoms with Gasteiger partial charge in [-0.3, -0.25) is 0 Å². The summed E-state index contributed by atoms with van der Waals surface area (Å²) < 4.78 is 54.7. The molecule has 0 atom stereocenters. The molecule has 0 unspecified atom stereocenters. The van der Waals surface area contributed by atoms with Gasteiger partial charge < -0.3 is 14.8 Å². The molecule has 1 heterocycles. The number of aromatic nitrogens is 2. The van der Waals surface area contributed by atoms with Crippen molar-refractivity contribution >= 4 is 22.4 Å². The minimum absolute atomic E-state index is 0.160. The number of nitrogens with zero attached hydrogens (tertiary/aromatic N) is 3. The van der Waals surface area contributed by atoms with Gasteiger partial charge in [-0.05, 0) is 66.7 Å². The van der Waals surface area contributed by atoms with E-state index < -0.39 is 17.3 Å². The van der Waals surface area contributed by atoms with Gasteiger partial charge in [-0.2, -0.15) is 27.8 Å². The van der Waals surface area contributed by atoms with Gasteiger partial charge >= 0.3 is 6.18 Å². The monoisotopic (exact) mass is 468 g/mol. The van der Waals surface area contributed by atoms with E-state index in [0.29, 0.717) is 22.5 Å². The van der Waals surface area contributed by atoms with Crippen LogP contribution in [0.1, 0.15) is 11.1 Å². The van der Waals surface area contributed by atoms with Crippen LogP contribution in [0, 0.1) is 11.3 Å². The molecule has 0 fully saturated rings. The van der Waals surface area contributed by atoms with Crippen LogP contribution < -0.4 is 14.8 Å². The molecule has 0 spiro atoms. The lowest BCUT2D eigenvalue weighted by Gasteiger charge is -2.10. The molecule has 0 aliphatic carbocycles. The van der Waals surface area contributed by atoms with E-state index in [2.05, 4.69) is 14.7 Å². The van der Waals surface area contributed by atoms with Crippen molar-refractivity contribution in [2.75, 3.05) is 12.4 Å². The summed E-state index contributed by atoms with van der Waals surface area (Å²) >= 11 is 1.01. The molecule has 0 amide bonds. The van der Waals surface area contributed by atoms with Crippen molar-refractivity contribution in [1.29, 1.82) is 5.26 Å². The van der Waals surface area contributed by atoms with Crippen molar-refractivity contribution in [2.24, 2.45) is 0 Å². The standard InChI is InChI=1S/C23H15F3N4O2S/c1-31-17-8-10-19(11-9-17)32-18-6-3-14(4-7-18)21-29-22(33-30-21)28-16-5-2-15(13-27)20(12-16)23(24,25)26/h2-12H,1H3,(H,28,29,30). The largest absolute Gasteiger partial charge is 0.497 e. The van der Waals surface area contributed by atoms with Crippen LogP contribution >= 0.6 is 11.5 Å². The average molecular weight is 468 g/mol. The predicted molar refractivity (Wildman–Crippen MR) is 118 cm³/mol. The molecule has 4 rings (SSSR count). The van der Waals surface area contributed by atoms with Crippen LogP contribution in [0.3, 0.4) is 0 Å². The zero-order valence-electron chi connectivity index (χ0n) is 17.1. The van der Waals surface area contributed by atoms with E-state index in [1.54, 1.807) is 61.7 Å². The van der Waals surface area contributed by atoms with Gasteiger partial charge in [0, 0.05) is 22.8 Å². The Balaban J connectivity index is 1.46. The number of nitriles is 1. The molecule has 10 heteroatoms. The number of nitrogens with one attached hydrogen (secondary N) is 1. The Bertz CT molecular complexity index is 1300. The minimum atomic E-state index is -4.63. The molecule has 1 aromatic heterocycles. The summed E-state index contributed by atoms with van der Waals surface area (Å²) in [5, 5.41) is 12.0. The Morgan fingerprint density at radius 3 is 2.18 bits per heavy atom. The van der Waals surface area contributed by atoms with Crippen molar-refractivity contribution in [2.45, 2.75) is 6.18 Å². The van der Waals surface area contributed by atoms with Gasteiger partial charge in [0.2, 0.25) is 5.13 Å². The highest BCUT2D eigenvalue weighted by Crippen LogP contribution is 2.35. The zero-order chi connectivity index (χ0) is 23.4. The summed E-state index contributed by atoms with van der Waals surface area (Å²) in [6.07, 6.45) is -4.63. The third-order valence-electron chi connectivity index (χ3n) is 4.53. The molecule has 3 aromatic carbocycles. The summed E-state index contributed by atoms with van der Waals surface area (Å²) in [7, 11) is 1.59. The maximum Gasteiger partial charge on any atom is 0.417 e. The summed E-state index contributed by atoms with van der Waals surface area (Å²) in [6, 6.07) is 19.2. The van der Waals surface area contributed by atoms with E-state index in [1.807, 2.05) is 0 Å². The van der Waals surface area contributed by atoms with Crippen molar-refractivity contribution in [1.82, 2.24) is 9.36 Å². The first kappa shape index (κ1) is 22.1. The summed E-state index contributed by atoms with van der Waals surface area (Å²) in [5.41, 5.74) is -0.570. The van der Waals surface area contributed by atoms with Crippen LogP contribution in [0.25, 0.3) is 11.4 Å². The maximum atomic E-state index is 13.2. The SMILES string of the molecule is COc1ccc(Oc2ccc(-c3nsc(Nc4ccc(C#N)c(C(F)(F)F)c4)n3)cc2)cc1. The molecule has 0 radical (unpaired) electrons. The fraction of sp³-hybridized carbons (Fsp3) is 0.0870. The average Bonchev–Trinajstić information content (AvgIpc) is 3.28. The number of methoxy groups -OCH3 is 1. The maximum absolute atomic E-state index is 13.2. The summed E-state index contributed by atoms with van der Waals surface area (Å²) in [5.74, 6) is 2.42. The van der Waals surface area contributed by atoms with Crippen molar-refractivity contribution in [3.8, 4) is 34.7 Å². The number of hydrogen-bond donors (Lipinski definition) is 1. The van der Waals surface area contributed by atoms with Gasteiger partial charge in [0.15, 0.2) is 5.82 Å². The number of hydrogen-bond acceptors (Lipinski definition) is 7. The van der Waals surface area contributed by atoms with E-state index in [-0.39, 0.29) is 5.69 Å². The van der Waals surface area contributed by atoms with E-state index in [1.165, 1.54) is 6.07 Å². The molecule has 0 aliphatic rings. The summed E-state index contributed by atoms with van der Waals surface area (Å²) in [6.45, 7) is 0. The van der Waals surface area contributed by atoms with E-state index in [0.717, 1.165) is 35.0 Å². The van der Waals surface area contributed by atoms with Gasteiger partial charge in [-0.15, -0.1) is 0 Å². The van der Waals surface area contributed by atoms with E-state index in [9.17, 15) is 13.2 Å². The second kappa shape index (κ2) is 9.18. The normalized spacial score (nSPS) is 11.0. The highest BCUT2D eigenvalue weighted by Gasteiger charge is 2.33. The third-order valence-corrected chi connectivity index (χ3v) is 5.16. The summed E-state index contributed by atoms with van der Waals surface area (Å²) in [4.78, 5) is 4.34. The number of benzene rings is 3. The first-order valence-corrected chi connectivity index (χ1v) is 10.3.